The van der Waals surface area contributed by atoms with Gasteiger partial charge in [0.25, 0.3) is 0 Å². The van der Waals surface area contributed by atoms with Gasteiger partial charge in [0.2, 0.25) is 0 Å². The second-order valence-electron chi connectivity index (χ2n) is 1.04. The van der Waals surface area contributed by atoms with E-state index in [1.807, 2.05) is 0 Å². The number of hydrogen-bond donors (Lipinski definition) is 0. The van der Waals surface area contributed by atoms with E-state index >= 15 is 0 Å². The third-order valence-corrected chi connectivity index (χ3v) is 4.12. The summed E-state index contributed by atoms with van der Waals surface area (Å²) in [5, 5.41) is 0. The first-order valence-corrected chi connectivity index (χ1v) is 5.31. The molecule has 8 heavy (non-hydrogen) atoms. The number of nitrogens with zero attached hydrogens (tertiary/aromatic N) is 2. The van der Waals surface area contributed by atoms with Gasteiger partial charge in [0.05, 0.1) is 15.5 Å². The topological polar surface area (TPSA) is 24.7 Å². The van der Waals surface area contributed by atoms with Gasteiger partial charge in [-0.15, -0.1) is 7.54 Å². The van der Waals surface area contributed by atoms with E-state index in [0.29, 0.717) is 4.16 Å². The highest BCUT2D eigenvalue weighted by atomic mass is 79.9. The van der Waals surface area contributed by atoms with Crippen molar-refractivity contribution in [3.63, 3.8) is 0 Å². The van der Waals surface area contributed by atoms with Crippen LogP contribution in [0.3, 0.4) is 0 Å². The van der Waals surface area contributed by atoms with E-state index in [-0.39, 0.29) is 0 Å². The molecule has 0 saturated heterocycles. The van der Waals surface area contributed by atoms with Crippen molar-refractivity contribution in [2.24, 2.45) is 7.54 Å². The average Bonchev–Trinajstić information content (AvgIpc) is 1.94. The highest BCUT2D eigenvalue weighted by molar-refractivity contribution is 9.11. The summed E-state index contributed by atoms with van der Waals surface area (Å²) in [4.78, 5) is 0. The molecular weight excluding hydrogens is 228 g/mol. The van der Waals surface area contributed by atoms with Crippen molar-refractivity contribution in [3.05, 3.63) is 0 Å². The summed E-state index contributed by atoms with van der Waals surface area (Å²) >= 11 is 7.76. The normalized spacial score (nSPS) is 28.9. The molecule has 46 valence electrons. The zero-order valence-corrected chi connectivity index (χ0v) is 7.82. The van der Waals surface area contributed by atoms with E-state index in [1.54, 1.807) is 11.9 Å². The Kier molecular flexibility index (Phi) is 3.48. The lowest BCUT2D eigenvalue weighted by atomic mass is 11.0. The maximum absolute atomic E-state index is 3.95. The van der Waals surface area contributed by atoms with Crippen LogP contribution in [0.1, 0.15) is 0 Å². The summed E-state index contributed by atoms with van der Waals surface area (Å²) in [7, 11) is 0. The van der Waals surface area contributed by atoms with E-state index in [4.69, 9.17) is 0 Å². The van der Waals surface area contributed by atoms with Gasteiger partial charge >= 0.3 is 0 Å². The van der Waals surface area contributed by atoms with Crippen molar-refractivity contribution in [3.8, 4) is 0 Å². The average molecular weight is 231 g/mol. The van der Waals surface area contributed by atoms with Crippen LogP contribution in [-0.4, -0.2) is 9.91 Å². The molecule has 0 aromatic heterocycles. The molecule has 0 aliphatic carbocycles. The summed E-state index contributed by atoms with van der Waals surface area (Å²) in [5.74, 6) is 1.00. The molecule has 0 saturated carbocycles. The van der Waals surface area contributed by atoms with Crippen LogP contribution in [0, 0.1) is 0 Å². The van der Waals surface area contributed by atoms with Gasteiger partial charge < -0.3 is 0 Å². The molecule has 1 aliphatic rings. The van der Waals surface area contributed by atoms with E-state index in [9.17, 15) is 0 Å². The first kappa shape index (κ1) is 7.11. The smallest absolute Gasteiger partial charge is 0.0937 e. The van der Waals surface area contributed by atoms with Crippen molar-refractivity contribution < 1.29 is 0 Å². The zero-order chi connectivity index (χ0) is 5.82. The lowest BCUT2D eigenvalue weighted by Crippen LogP contribution is -1.89. The molecule has 0 amide bonds. The zero-order valence-electron chi connectivity index (χ0n) is 3.78. The quantitative estimate of drug-likeness (QED) is 0.472. The summed E-state index contributed by atoms with van der Waals surface area (Å²) < 4.78 is 8.32. The summed E-state index contributed by atoms with van der Waals surface area (Å²) in [6, 6.07) is 0. The standard InChI is InChI=1S/C2H3BrN2S3/c3-2-1-6-4-8-5-7-2/h2H,1H2. The van der Waals surface area contributed by atoms with Gasteiger partial charge in [0.15, 0.2) is 0 Å². The van der Waals surface area contributed by atoms with Crippen molar-refractivity contribution in [2.45, 2.75) is 4.16 Å². The van der Waals surface area contributed by atoms with E-state index < -0.39 is 0 Å². The van der Waals surface area contributed by atoms with Crippen LogP contribution in [0.15, 0.2) is 7.54 Å². The number of hydrogen-bond acceptors (Lipinski definition) is 4. The molecule has 0 spiro atoms. The van der Waals surface area contributed by atoms with Crippen molar-refractivity contribution >= 4 is 51.2 Å². The lowest BCUT2D eigenvalue weighted by Gasteiger charge is -1.95. The summed E-state index contributed by atoms with van der Waals surface area (Å²) in [5.41, 5.74) is 0. The fourth-order valence-corrected chi connectivity index (χ4v) is 3.05. The first-order chi connectivity index (χ1) is 3.89. The maximum Gasteiger partial charge on any atom is 0.0937 e. The predicted molar refractivity (Wildman–Crippen MR) is 45.0 cm³/mol. The van der Waals surface area contributed by atoms with Gasteiger partial charge in [0.1, 0.15) is 0 Å². The molecule has 1 unspecified atom stereocenters. The molecule has 0 fully saturated rings. The highest BCUT2D eigenvalue weighted by Crippen LogP contribution is 2.25. The third-order valence-electron chi connectivity index (χ3n) is 0.482. The van der Waals surface area contributed by atoms with Gasteiger partial charge in [-0.3, -0.25) is 0 Å². The van der Waals surface area contributed by atoms with Crippen LogP contribution in [0.4, 0.5) is 0 Å². The van der Waals surface area contributed by atoms with E-state index in [2.05, 4.69) is 23.5 Å². The molecule has 6 heteroatoms. The second-order valence-corrected chi connectivity index (χ2v) is 5.48. The van der Waals surface area contributed by atoms with Crippen LogP contribution in [0.25, 0.3) is 0 Å². The molecule has 1 aliphatic heterocycles. The highest BCUT2D eigenvalue weighted by Gasteiger charge is 2.04. The first-order valence-electron chi connectivity index (χ1n) is 1.88. The Morgan fingerprint density at radius 3 is 3.25 bits per heavy atom. The number of halogens is 1. The number of alkyl halides is 1. The molecule has 1 atom stereocenters. The molecule has 0 aromatic rings. The van der Waals surface area contributed by atoms with Gasteiger partial charge in [-0.25, -0.2) is 0 Å². The molecule has 1 rings (SSSR count). The van der Waals surface area contributed by atoms with Crippen LogP contribution in [-0.2, 0) is 11.4 Å². The molecule has 1 heterocycles. The predicted octanol–water partition coefficient (Wildman–Crippen LogP) is 2.47. The summed E-state index contributed by atoms with van der Waals surface area (Å²) in [6.45, 7) is 0. The molecule has 0 aromatic carbocycles. The van der Waals surface area contributed by atoms with E-state index in [0.717, 1.165) is 5.75 Å². The Balaban J connectivity index is 2.43. The Bertz CT molecular complexity index is 131. The minimum absolute atomic E-state index is 0.436. The minimum atomic E-state index is 0.436. The SMILES string of the molecule is BrC1CSN=S=NS1. The lowest BCUT2D eigenvalue weighted by molar-refractivity contribution is 1.48. The molecular formula is C2H3BrN2S3. The largest absolute Gasteiger partial charge is 0.140 e. The fourth-order valence-electron chi connectivity index (χ4n) is 0.223. The van der Waals surface area contributed by atoms with Crippen LogP contribution in [0.2, 0.25) is 0 Å². The van der Waals surface area contributed by atoms with Crippen LogP contribution < -0.4 is 0 Å². The third kappa shape index (κ3) is 2.52. The molecule has 0 bridgehead atoms. The Hall–Kier alpha value is 1.000. The monoisotopic (exact) mass is 230 g/mol. The van der Waals surface area contributed by atoms with Crippen LogP contribution >= 0.6 is 39.8 Å². The van der Waals surface area contributed by atoms with Crippen LogP contribution in [0.5, 0.6) is 0 Å². The van der Waals surface area contributed by atoms with Gasteiger partial charge in [-0.2, -0.15) is 0 Å². The Morgan fingerprint density at radius 1 is 1.50 bits per heavy atom. The molecule has 0 N–H and O–H groups in total. The van der Waals surface area contributed by atoms with E-state index in [1.165, 1.54) is 23.3 Å². The Morgan fingerprint density at radius 2 is 2.38 bits per heavy atom. The molecule has 0 radical (unpaired) electrons. The summed E-state index contributed by atoms with van der Waals surface area (Å²) in [6.07, 6.45) is 0. The van der Waals surface area contributed by atoms with Gasteiger partial charge in [0, 0.05) is 17.7 Å². The van der Waals surface area contributed by atoms with Crippen molar-refractivity contribution in [2.75, 3.05) is 5.75 Å². The fraction of sp³-hybridized carbons (Fsp3) is 1.00. The minimum Gasteiger partial charge on any atom is -0.140 e. The Labute approximate surface area is 68.5 Å². The second kappa shape index (κ2) is 3.92. The van der Waals surface area contributed by atoms with Gasteiger partial charge in [-0.1, -0.05) is 15.9 Å². The maximum atomic E-state index is 3.95. The van der Waals surface area contributed by atoms with Crippen molar-refractivity contribution in [1.29, 1.82) is 0 Å². The van der Waals surface area contributed by atoms with Crippen molar-refractivity contribution in [1.82, 2.24) is 0 Å². The molecule has 2 nitrogen and oxygen atoms in total. The van der Waals surface area contributed by atoms with Gasteiger partial charge in [-0.05, 0) is 11.9 Å². The number of rotatable bonds is 0.